The summed E-state index contributed by atoms with van der Waals surface area (Å²) < 4.78 is 34.5. The molecule has 0 radical (unpaired) electrons. The van der Waals surface area contributed by atoms with E-state index in [1.54, 1.807) is 37.3 Å². The quantitative estimate of drug-likeness (QED) is 0.402. The number of ketones is 1. The number of rotatable bonds is 5. The first kappa shape index (κ1) is 19.0. The van der Waals surface area contributed by atoms with Crippen LogP contribution in [-0.4, -0.2) is 30.8 Å². The first-order valence-electron chi connectivity index (χ1n) is 8.09. The molecule has 9 heteroatoms. The van der Waals surface area contributed by atoms with Crippen molar-refractivity contribution in [2.24, 2.45) is 11.8 Å². The van der Waals surface area contributed by atoms with E-state index in [4.69, 9.17) is 0 Å². The summed E-state index contributed by atoms with van der Waals surface area (Å²) in [5.41, 5.74) is 5.37. The van der Waals surface area contributed by atoms with Crippen LogP contribution in [0.5, 0.6) is 0 Å². The third-order valence-electron chi connectivity index (χ3n) is 4.50. The summed E-state index contributed by atoms with van der Waals surface area (Å²) in [5, 5.41) is 11.3. The summed E-state index contributed by atoms with van der Waals surface area (Å²) in [5.74, 6) is -2.98. The van der Waals surface area contributed by atoms with Crippen LogP contribution >= 0.6 is 0 Å². The predicted octanol–water partition coefficient (Wildman–Crippen LogP) is -0.198. The molecule has 0 amide bonds. The van der Waals surface area contributed by atoms with Crippen molar-refractivity contribution in [3.8, 4) is 0 Å². The minimum absolute atomic E-state index is 0.0279. The highest BCUT2D eigenvalue weighted by molar-refractivity contribution is 7.86. The first-order chi connectivity index (χ1) is 12.7. The van der Waals surface area contributed by atoms with Crippen molar-refractivity contribution in [1.29, 1.82) is 0 Å². The van der Waals surface area contributed by atoms with E-state index in [9.17, 15) is 27.7 Å². The van der Waals surface area contributed by atoms with Crippen LogP contribution in [0.4, 0.5) is 5.69 Å². The Morgan fingerprint density at radius 3 is 2.56 bits per heavy atom. The Bertz CT molecular complexity index is 993. The maximum absolute atomic E-state index is 12.5. The number of aliphatic carboxylic acids is 1. The summed E-state index contributed by atoms with van der Waals surface area (Å²) >= 11 is 0. The maximum Gasteiger partial charge on any atom is 0.183 e. The zero-order chi connectivity index (χ0) is 19.8. The molecule has 27 heavy (non-hydrogen) atoms. The largest absolute Gasteiger partial charge is 0.744 e. The van der Waals surface area contributed by atoms with Gasteiger partial charge in [-0.15, -0.1) is 0 Å². The number of benzene rings is 1. The van der Waals surface area contributed by atoms with Gasteiger partial charge in [-0.3, -0.25) is 4.79 Å². The third kappa shape index (κ3) is 3.85. The van der Waals surface area contributed by atoms with Crippen molar-refractivity contribution >= 4 is 27.6 Å². The highest BCUT2D eigenvalue weighted by atomic mass is 32.2. The third-order valence-corrected chi connectivity index (χ3v) is 5.38. The van der Waals surface area contributed by atoms with Crippen molar-refractivity contribution in [2.75, 3.05) is 5.43 Å². The summed E-state index contributed by atoms with van der Waals surface area (Å²) in [6.45, 7) is 1.64. The van der Waals surface area contributed by atoms with E-state index in [1.165, 1.54) is 18.2 Å². The number of nitrogens with one attached hydrogen (secondary N) is 2. The second-order valence-corrected chi connectivity index (χ2v) is 7.71. The van der Waals surface area contributed by atoms with Gasteiger partial charge in [-0.05, 0) is 24.6 Å². The Morgan fingerprint density at radius 1 is 1.19 bits per heavy atom. The number of fused-ring (bicyclic) bond motifs is 1. The van der Waals surface area contributed by atoms with Crippen molar-refractivity contribution in [3.05, 3.63) is 59.7 Å². The Morgan fingerprint density at radius 2 is 1.89 bits per heavy atom. The van der Waals surface area contributed by atoms with Crippen LogP contribution in [0.3, 0.4) is 0 Å². The molecule has 0 bridgehead atoms. The second-order valence-electron chi connectivity index (χ2n) is 6.36. The van der Waals surface area contributed by atoms with Gasteiger partial charge in [0.15, 0.2) is 5.78 Å². The fraction of sp³-hybridized carbons (Fsp3) is 0.222. The van der Waals surface area contributed by atoms with Crippen molar-refractivity contribution in [2.45, 2.75) is 17.9 Å². The lowest BCUT2D eigenvalue weighted by molar-refractivity contribution is -0.298. The molecule has 142 valence electrons. The number of allylic oxidation sites excluding steroid dienone is 4. The van der Waals surface area contributed by atoms with Gasteiger partial charge in [0.2, 0.25) is 0 Å². The number of hydrogen-bond donors (Lipinski definition) is 2. The summed E-state index contributed by atoms with van der Waals surface area (Å²) in [4.78, 5) is 23.4. The van der Waals surface area contributed by atoms with Gasteiger partial charge >= 0.3 is 0 Å². The van der Waals surface area contributed by atoms with Gasteiger partial charge in [-0.1, -0.05) is 36.4 Å². The molecule has 3 atom stereocenters. The molecule has 8 nitrogen and oxygen atoms in total. The molecule has 0 saturated heterocycles. The van der Waals surface area contributed by atoms with E-state index in [-0.39, 0.29) is 17.5 Å². The molecule has 0 fully saturated rings. The van der Waals surface area contributed by atoms with Gasteiger partial charge in [0, 0.05) is 17.4 Å². The Kier molecular flexibility index (Phi) is 5.01. The molecular formula is C18H16N2O6S-2. The van der Waals surface area contributed by atoms with Crippen LogP contribution in [-0.2, 0) is 19.7 Å². The molecule has 3 unspecified atom stereocenters. The minimum Gasteiger partial charge on any atom is -0.744 e. The normalized spacial score (nSPS) is 24.3. The van der Waals surface area contributed by atoms with E-state index in [0.717, 1.165) is 0 Å². The SMILES string of the molecule is Cc1ccc(NNC2C(=O)C(C(=O)[O-])=CC3C=CC=CC32)c(S(=O)(=O)[O-])c1. The van der Waals surface area contributed by atoms with Gasteiger partial charge < -0.3 is 19.9 Å². The lowest BCUT2D eigenvalue weighted by Crippen LogP contribution is -2.52. The maximum atomic E-state index is 12.5. The molecule has 1 aromatic carbocycles. The average molecular weight is 388 g/mol. The summed E-state index contributed by atoms with van der Waals surface area (Å²) in [6.07, 6.45) is 8.34. The van der Waals surface area contributed by atoms with Crippen LogP contribution in [0.15, 0.2) is 59.0 Å². The fourth-order valence-electron chi connectivity index (χ4n) is 3.18. The van der Waals surface area contributed by atoms with E-state index in [0.29, 0.717) is 5.56 Å². The lowest BCUT2D eigenvalue weighted by Gasteiger charge is -2.35. The topological polar surface area (TPSA) is 138 Å². The van der Waals surface area contributed by atoms with Gasteiger partial charge in [-0.2, -0.15) is 0 Å². The number of carbonyl (C=O) groups excluding carboxylic acids is 2. The molecule has 0 saturated carbocycles. The number of carboxylic acid groups (broad SMARTS) is 1. The van der Waals surface area contributed by atoms with Crippen LogP contribution < -0.4 is 16.0 Å². The van der Waals surface area contributed by atoms with E-state index in [1.807, 2.05) is 0 Å². The zero-order valence-corrected chi connectivity index (χ0v) is 15.0. The van der Waals surface area contributed by atoms with Crippen LogP contribution in [0.1, 0.15) is 5.56 Å². The molecular weight excluding hydrogens is 372 g/mol. The second kappa shape index (κ2) is 7.10. The molecule has 1 aromatic rings. The number of hydrogen-bond acceptors (Lipinski definition) is 8. The highest BCUT2D eigenvalue weighted by Crippen LogP contribution is 2.32. The van der Waals surface area contributed by atoms with Crippen LogP contribution in [0, 0.1) is 18.8 Å². The zero-order valence-electron chi connectivity index (χ0n) is 14.2. The molecule has 0 aromatic heterocycles. The molecule has 2 aliphatic carbocycles. The Hall–Kier alpha value is -2.75. The molecule has 0 heterocycles. The fourth-order valence-corrected chi connectivity index (χ4v) is 3.90. The summed E-state index contributed by atoms with van der Waals surface area (Å²) in [7, 11) is -4.75. The monoisotopic (exact) mass is 388 g/mol. The Labute approximate surface area is 156 Å². The standard InChI is InChI=1S/C18H18N2O6S/c1-10-6-7-14(15(8-10)27(24,25)26)19-20-16-12-5-3-2-4-11(12)9-13(17(16)21)18(22)23/h2-9,11-12,16,19-20H,1H3,(H,22,23)(H,24,25,26)/p-2. The smallest absolute Gasteiger partial charge is 0.183 e. The number of hydrazine groups is 1. The molecule has 2 N–H and O–H groups in total. The van der Waals surface area contributed by atoms with Gasteiger partial charge in [0.05, 0.1) is 22.6 Å². The lowest BCUT2D eigenvalue weighted by atomic mass is 9.74. The molecule has 0 aliphatic heterocycles. The molecule has 2 aliphatic rings. The number of carbonyl (C=O) groups is 2. The van der Waals surface area contributed by atoms with Crippen molar-refractivity contribution in [3.63, 3.8) is 0 Å². The molecule has 3 rings (SSSR count). The van der Waals surface area contributed by atoms with E-state index >= 15 is 0 Å². The summed E-state index contributed by atoms with van der Waals surface area (Å²) in [6, 6.07) is 3.22. The van der Waals surface area contributed by atoms with Crippen LogP contribution in [0.25, 0.3) is 0 Å². The highest BCUT2D eigenvalue weighted by Gasteiger charge is 2.38. The van der Waals surface area contributed by atoms with Crippen LogP contribution in [0.2, 0.25) is 0 Å². The van der Waals surface area contributed by atoms with Gasteiger partial charge in [-0.25, -0.2) is 13.8 Å². The minimum atomic E-state index is -4.75. The van der Waals surface area contributed by atoms with Crippen molar-refractivity contribution in [1.82, 2.24) is 5.43 Å². The average Bonchev–Trinajstić information content (AvgIpc) is 2.60. The predicted molar refractivity (Wildman–Crippen MR) is 93.0 cm³/mol. The molecule has 0 spiro atoms. The van der Waals surface area contributed by atoms with Gasteiger partial charge in [0.1, 0.15) is 10.1 Å². The number of aryl methyl sites for hydroxylation is 1. The van der Waals surface area contributed by atoms with E-state index < -0.39 is 38.4 Å². The number of Topliss-reactive ketones (excluding diaryl/α,β-unsaturated/α-hetero) is 1. The Balaban J connectivity index is 1.91. The number of carboxylic acids is 1. The first-order valence-corrected chi connectivity index (χ1v) is 9.50. The van der Waals surface area contributed by atoms with Crippen molar-refractivity contribution < 1.29 is 27.7 Å². The number of anilines is 1. The van der Waals surface area contributed by atoms with E-state index in [2.05, 4.69) is 10.9 Å². The van der Waals surface area contributed by atoms with Gasteiger partial charge in [0.25, 0.3) is 0 Å².